The average molecular weight is 471 g/mol. The Bertz CT molecular complexity index is 1060. The lowest BCUT2D eigenvalue weighted by atomic mass is 10.1. The molecule has 0 amide bonds. The first-order valence-electron chi connectivity index (χ1n) is 10.2. The number of carboxylic acids is 1. The first kappa shape index (κ1) is 24.2. The largest absolute Gasteiger partial charge is 0.481 e. The Labute approximate surface area is 185 Å². The molecule has 0 aliphatic carbocycles. The van der Waals surface area contributed by atoms with Crippen molar-refractivity contribution < 1.29 is 31.5 Å². The fourth-order valence-corrected chi connectivity index (χ4v) is 5.13. The number of sulfonamides is 1. The van der Waals surface area contributed by atoms with E-state index in [9.17, 15) is 26.4 Å². The van der Waals surface area contributed by atoms with Gasteiger partial charge in [0.1, 0.15) is 0 Å². The van der Waals surface area contributed by atoms with E-state index >= 15 is 0 Å². The quantitative estimate of drug-likeness (QED) is 0.673. The predicted molar refractivity (Wildman–Crippen MR) is 113 cm³/mol. The van der Waals surface area contributed by atoms with Crippen LogP contribution >= 0.6 is 0 Å². The van der Waals surface area contributed by atoms with Crippen molar-refractivity contribution in [2.24, 2.45) is 0 Å². The standard InChI is InChI=1S/C22H25F3N2O4S/c1-16-2-7-20(14-18(16)15-21(28)29)32(30,31)27-12-10-26(11-13-27)9-8-17-3-5-19(6-4-17)22(23,24)25/h2-7,14H,8-13,15H2,1H3,(H,28,29). The minimum atomic E-state index is -4.35. The maximum Gasteiger partial charge on any atom is 0.416 e. The van der Waals surface area contributed by atoms with Crippen molar-refractivity contribution in [3.8, 4) is 0 Å². The number of aliphatic carboxylic acids is 1. The fourth-order valence-electron chi connectivity index (χ4n) is 3.65. The molecule has 1 aliphatic heterocycles. The van der Waals surface area contributed by atoms with E-state index in [0.29, 0.717) is 31.6 Å². The van der Waals surface area contributed by atoms with Crippen LogP contribution in [0.15, 0.2) is 47.4 Å². The number of rotatable bonds is 7. The maximum atomic E-state index is 13.0. The molecule has 2 aromatic rings. The lowest BCUT2D eigenvalue weighted by molar-refractivity contribution is -0.138. The number of hydrogen-bond donors (Lipinski definition) is 1. The highest BCUT2D eigenvalue weighted by atomic mass is 32.2. The van der Waals surface area contributed by atoms with Crippen LogP contribution in [-0.2, 0) is 33.8 Å². The number of nitrogens with zero attached hydrogens (tertiary/aromatic N) is 2. The van der Waals surface area contributed by atoms with Crippen LogP contribution in [0.3, 0.4) is 0 Å². The van der Waals surface area contributed by atoms with Crippen LogP contribution in [0, 0.1) is 6.92 Å². The van der Waals surface area contributed by atoms with Crippen LogP contribution in [0.25, 0.3) is 0 Å². The Morgan fingerprint density at radius 3 is 2.22 bits per heavy atom. The van der Waals surface area contributed by atoms with Crippen molar-refractivity contribution in [1.82, 2.24) is 9.21 Å². The van der Waals surface area contributed by atoms with Crippen molar-refractivity contribution in [3.63, 3.8) is 0 Å². The van der Waals surface area contributed by atoms with Gasteiger partial charge in [0.2, 0.25) is 10.0 Å². The molecule has 0 saturated carbocycles. The molecule has 0 bridgehead atoms. The fraction of sp³-hybridized carbons (Fsp3) is 0.409. The van der Waals surface area contributed by atoms with Crippen LogP contribution in [0.5, 0.6) is 0 Å². The topological polar surface area (TPSA) is 77.9 Å². The van der Waals surface area contributed by atoms with E-state index in [1.807, 2.05) is 0 Å². The molecule has 1 heterocycles. The summed E-state index contributed by atoms with van der Waals surface area (Å²) in [5.41, 5.74) is 1.30. The zero-order chi connectivity index (χ0) is 23.5. The van der Waals surface area contributed by atoms with Crippen molar-refractivity contribution >= 4 is 16.0 Å². The summed E-state index contributed by atoms with van der Waals surface area (Å²) in [4.78, 5) is 13.2. The van der Waals surface area contributed by atoms with Gasteiger partial charge in [-0.25, -0.2) is 8.42 Å². The minimum absolute atomic E-state index is 0.0811. The first-order valence-corrected chi connectivity index (χ1v) is 11.6. The number of hydrogen-bond acceptors (Lipinski definition) is 4. The lowest BCUT2D eigenvalue weighted by Gasteiger charge is -2.34. The molecule has 10 heteroatoms. The Kier molecular flexibility index (Phi) is 7.26. The number of halogens is 3. The number of alkyl halides is 3. The van der Waals surface area contributed by atoms with Gasteiger partial charge in [0.15, 0.2) is 0 Å². The zero-order valence-corrected chi connectivity index (χ0v) is 18.4. The summed E-state index contributed by atoms with van der Waals surface area (Å²) in [5.74, 6) is -1.02. The Morgan fingerprint density at radius 2 is 1.66 bits per heavy atom. The molecule has 0 unspecified atom stereocenters. The van der Waals surface area contributed by atoms with Gasteiger partial charge in [-0.05, 0) is 54.3 Å². The lowest BCUT2D eigenvalue weighted by Crippen LogP contribution is -2.49. The van der Waals surface area contributed by atoms with Gasteiger partial charge >= 0.3 is 12.1 Å². The van der Waals surface area contributed by atoms with Crippen molar-refractivity contribution in [3.05, 3.63) is 64.7 Å². The van der Waals surface area contributed by atoms with E-state index in [1.54, 1.807) is 13.0 Å². The molecule has 2 aromatic carbocycles. The third-order valence-electron chi connectivity index (χ3n) is 5.63. The number of carboxylic acid groups (broad SMARTS) is 1. The van der Waals surface area contributed by atoms with Gasteiger partial charge in [0, 0.05) is 32.7 Å². The van der Waals surface area contributed by atoms with Gasteiger partial charge in [-0.2, -0.15) is 17.5 Å². The second-order valence-electron chi connectivity index (χ2n) is 7.85. The van der Waals surface area contributed by atoms with Crippen molar-refractivity contribution in [2.75, 3.05) is 32.7 Å². The summed E-state index contributed by atoms with van der Waals surface area (Å²) >= 11 is 0. The molecule has 1 N–H and O–H groups in total. The van der Waals surface area contributed by atoms with Crippen molar-refractivity contribution in [2.45, 2.75) is 30.8 Å². The molecule has 3 rings (SSSR count). The number of aryl methyl sites for hydroxylation is 1. The number of carbonyl (C=O) groups is 1. The molecule has 0 aromatic heterocycles. The van der Waals surface area contributed by atoms with E-state index in [1.165, 1.54) is 28.6 Å². The minimum Gasteiger partial charge on any atom is -0.481 e. The highest BCUT2D eigenvalue weighted by Crippen LogP contribution is 2.29. The molecular formula is C22H25F3N2O4S. The summed E-state index contributed by atoms with van der Waals surface area (Å²) in [6.07, 6.45) is -4.03. The van der Waals surface area contributed by atoms with Gasteiger partial charge < -0.3 is 10.0 Å². The van der Waals surface area contributed by atoms with E-state index < -0.39 is 27.7 Å². The van der Waals surface area contributed by atoms with Crippen LogP contribution < -0.4 is 0 Å². The Morgan fingerprint density at radius 1 is 1.03 bits per heavy atom. The van der Waals surface area contributed by atoms with E-state index in [4.69, 9.17) is 5.11 Å². The Hall–Kier alpha value is -2.43. The first-order chi connectivity index (χ1) is 15.0. The number of benzene rings is 2. The van der Waals surface area contributed by atoms with Gasteiger partial charge in [-0.1, -0.05) is 18.2 Å². The third-order valence-corrected chi connectivity index (χ3v) is 7.52. The van der Waals surface area contributed by atoms with E-state index in [-0.39, 0.29) is 24.4 Å². The summed E-state index contributed by atoms with van der Waals surface area (Å²) in [5, 5.41) is 9.03. The summed E-state index contributed by atoms with van der Waals surface area (Å²) in [6, 6.07) is 9.61. The van der Waals surface area contributed by atoms with E-state index in [2.05, 4.69) is 4.90 Å². The molecule has 6 nitrogen and oxygen atoms in total. The predicted octanol–water partition coefficient (Wildman–Crippen LogP) is 3.19. The highest BCUT2D eigenvalue weighted by molar-refractivity contribution is 7.89. The molecule has 1 aliphatic rings. The van der Waals surface area contributed by atoms with Gasteiger partial charge in [-0.3, -0.25) is 4.79 Å². The van der Waals surface area contributed by atoms with Crippen LogP contribution in [0.2, 0.25) is 0 Å². The third kappa shape index (κ3) is 5.87. The monoisotopic (exact) mass is 470 g/mol. The van der Waals surface area contributed by atoms with Crippen LogP contribution in [0.4, 0.5) is 13.2 Å². The molecule has 0 atom stereocenters. The normalized spacial score (nSPS) is 16.2. The SMILES string of the molecule is Cc1ccc(S(=O)(=O)N2CCN(CCc3ccc(C(F)(F)F)cc3)CC2)cc1CC(=O)O. The van der Waals surface area contributed by atoms with Crippen LogP contribution in [0.1, 0.15) is 22.3 Å². The van der Waals surface area contributed by atoms with Gasteiger partial charge in [0.05, 0.1) is 16.9 Å². The highest BCUT2D eigenvalue weighted by Gasteiger charge is 2.30. The summed E-state index contributed by atoms with van der Waals surface area (Å²) in [7, 11) is -3.74. The molecule has 0 radical (unpaired) electrons. The molecule has 0 spiro atoms. The number of piperazine rings is 1. The summed E-state index contributed by atoms with van der Waals surface area (Å²) < 4.78 is 65.4. The van der Waals surface area contributed by atoms with Crippen molar-refractivity contribution in [1.29, 1.82) is 0 Å². The average Bonchev–Trinajstić information content (AvgIpc) is 2.73. The summed E-state index contributed by atoms with van der Waals surface area (Å²) in [6.45, 7) is 3.95. The molecule has 32 heavy (non-hydrogen) atoms. The van der Waals surface area contributed by atoms with Crippen LogP contribution in [-0.4, -0.2) is 61.4 Å². The second kappa shape index (κ2) is 9.60. The zero-order valence-electron chi connectivity index (χ0n) is 17.6. The Balaban J connectivity index is 1.57. The molecule has 1 saturated heterocycles. The molecule has 1 fully saturated rings. The maximum absolute atomic E-state index is 13.0. The molecule has 174 valence electrons. The van der Waals surface area contributed by atoms with Gasteiger partial charge in [0.25, 0.3) is 0 Å². The smallest absolute Gasteiger partial charge is 0.416 e. The molecular weight excluding hydrogens is 445 g/mol. The second-order valence-corrected chi connectivity index (χ2v) is 9.79. The van der Waals surface area contributed by atoms with E-state index in [0.717, 1.165) is 23.3 Å². The van der Waals surface area contributed by atoms with Gasteiger partial charge in [-0.15, -0.1) is 0 Å².